The molecule has 3 N–H and O–H groups in total. The Bertz CT molecular complexity index is 5420. The number of aromatic nitrogens is 6. The van der Waals surface area contributed by atoms with E-state index in [-0.39, 0.29) is 162 Å². The van der Waals surface area contributed by atoms with Gasteiger partial charge in [0.15, 0.2) is 11.5 Å². The van der Waals surface area contributed by atoms with Crippen LogP contribution in [0.5, 0.6) is 40.6 Å². The number of hydrogen-bond donors (Lipinski definition) is 3. The molecule has 31 nitrogen and oxygen atoms in total. The van der Waals surface area contributed by atoms with Crippen LogP contribution < -0.4 is 49.1 Å². The van der Waals surface area contributed by atoms with Gasteiger partial charge in [-0.1, -0.05) is 153 Å². The minimum atomic E-state index is -4.55. The molecule has 6 fully saturated rings. The Kier molecular flexibility index (Phi) is 32.7. The topological polar surface area (TPSA) is 369 Å². The molecule has 6 aromatic rings. The molecule has 3 aliphatic carbocycles. The number of alkyl halides is 7. The summed E-state index contributed by atoms with van der Waals surface area (Å²) in [5.41, 5.74) is -0.764. The summed E-state index contributed by atoms with van der Waals surface area (Å²) in [6.07, 6.45) is 6.28. The maximum atomic E-state index is 14.1. The van der Waals surface area contributed by atoms with Gasteiger partial charge >= 0.3 is 37.0 Å². The Balaban J connectivity index is 0.000000181. The van der Waals surface area contributed by atoms with Crippen molar-refractivity contribution < 1.29 is 177 Å². The summed E-state index contributed by atoms with van der Waals surface area (Å²) in [6, 6.07) is 3.29. The molecule has 3 saturated carbocycles. The zero-order valence-electron chi connectivity index (χ0n) is 78.3. The second kappa shape index (κ2) is 42.1. The molecular weight excluding hydrogens is 1900 g/mol. The van der Waals surface area contributed by atoms with Gasteiger partial charge in [-0.2, -0.15) is 13.2 Å². The molecule has 11 heterocycles. The van der Waals surface area contributed by atoms with Gasteiger partial charge in [0.2, 0.25) is 46.9 Å². The van der Waals surface area contributed by atoms with Crippen molar-refractivity contribution in [2.75, 3.05) is 19.6 Å². The number of carbonyl (C=O) groups is 6. The number of rotatable bonds is 5. The average molecular weight is 2020 g/mol. The summed E-state index contributed by atoms with van der Waals surface area (Å²) in [7, 11) is 0. The third kappa shape index (κ3) is 23.4. The SMILES string of the molecule is CC[C@@H]1[C@@H]2CN(C(=O)[C@H](C(C)(C)C)NC(=O)O[C@@H]3C[C@H]3CCCCCc3nc4ccc5c(c4nc3O2)OC(F)(F)O5)[C@@H]1[C-]=O.CC[C@@H]1[C@@H]2CN(C(=O)[C@H](C(C)(C)C)NC(=O)O[C@]3(C)C[C@H]3CCCCCc3nc4ccc5c(c4nc3O2)OC(F)(F)O5)[C@@H]1[C-]=O.C[C@@H]1[C@@H]2CN(C(=O)[C@H](C(C)(C)C)NC(=O)O[C@@H]3CCC[C@H]3CCCCCc3nc4ccc(C(F)(F)F)cc4nc3O2)[C@@H]1[C-]=O.[V].[V].[V]. The van der Waals surface area contributed by atoms with Gasteiger partial charge in [0.25, 0.3) is 0 Å². The van der Waals surface area contributed by atoms with Crippen molar-refractivity contribution in [3.63, 3.8) is 0 Å². The molecule has 41 heteroatoms. The number of ether oxygens (including phenoxy) is 10. The molecule has 6 amide bonds. The molecule has 0 spiro atoms. The van der Waals surface area contributed by atoms with E-state index in [1.165, 1.54) is 32.9 Å². The molecule has 3 saturated heterocycles. The minimum Gasteiger partial charge on any atom is -0.540 e. The van der Waals surface area contributed by atoms with Crippen LogP contribution in [0.3, 0.4) is 0 Å². The molecule has 737 valence electrons. The van der Waals surface area contributed by atoms with Crippen molar-refractivity contribution in [1.29, 1.82) is 0 Å². The predicted molar refractivity (Wildman–Crippen MR) is 464 cm³/mol. The van der Waals surface area contributed by atoms with Crippen molar-refractivity contribution in [1.82, 2.24) is 60.6 Å². The summed E-state index contributed by atoms with van der Waals surface area (Å²) >= 11 is 0. The molecule has 136 heavy (non-hydrogen) atoms. The van der Waals surface area contributed by atoms with E-state index in [0.717, 1.165) is 121 Å². The molecule has 3 radical (unpaired) electrons. The van der Waals surface area contributed by atoms with Crippen LogP contribution in [0.2, 0.25) is 0 Å². The predicted octanol–water partition coefficient (Wildman–Crippen LogP) is 15.5. The Morgan fingerprint density at radius 3 is 1.29 bits per heavy atom. The number of aryl methyl sites for hydroxylation is 3. The second-order valence-electron chi connectivity index (χ2n) is 40.4. The Morgan fingerprint density at radius 1 is 0.434 bits per heavy atom. The summed E-state index contributed by atoms with van der Waals surface area (Å²) < 4.78 is 152. The fraction of sp³-hybridized carbons (Fsp3) is 0.653. The van der Waals surface area contributed by atoms with Gasteiger partial charge in [-0.05, 0) is 185 Å². The number of fused-ring (bicyclic) bond motifs is 19. The van der Waals surface area contributed by atoms with Gasteiger partial charge in [0, 0.05) is 61.6 Å². The zero-order chi connectivity index (χ0) is 95.5. The zero-order valence-corrected chi connectivity index (χ0v) is 82.5. The number of carbonyl (C=O) groups excluding carboxylic acids is 9. The average Bonchev–Trinajstić information content (AvgIpc) is 1.59. The van der Waals surface area contributed by atoms with Crippen molar-refractivity contribution in [2.24, 2.45) is 51.8 Å². The number of nitrogens with one attached hydrogen (secondary N) is 3. The molecule has 0 unspecified atom stereocenters. The summed E-state index contributed by atoms with van der Waals surface area (Å²) in [6.45, 7) is 23.9. The summed E-state index contributed by atoms with van der Waals surface area (Å²) in [5.74, 6) is -2.52. The number of benzene rings is 3. The smallest absolute Gasteiger partial charge is 0.540 e. The molecule has 18 atom stereocenters. The van der Waals surface area contributed by atoms with E-state index in [1.54, 1.807) is 19.1 Å². The van der Waals surface area contributed by atoms with E-state index < -0.39 is 154 Å². The van der Waals surface area contributed by atoms with Crippen LogP contribution in [0.15, 0.2) is 42.5 Å². The van der Waals surface area contributed by atoms with E-state index >= 15 is 0 Å². The first kappa shape index (κ1) is 106. The van der Waals surface area contributed by atoms with E-state index in [4.69, 9.17) is 47.9 Å². The van der Waals surface area contributed by atoms with Crippen LogP contribution >= 0.6 is 0 Å². The molecule has 3 aromatic carbocycles. The van der Waals surface area contributed by atoms with Gasteiger partial charge in [-0.25, -0.2) is 63.1 Å². The fourth-order valence-corrected chi connectivity index (χ4v) is 19.9. The fourth-order valence-electron chi connectivity index (χ4n) is 19.9. The van der Waals surface area contributed by atoms with E-state index in [2.05, 4.69) is 45.4 Å². The van der Waals surface area contributed by atoms with Crippen molar-refractivity contribution in [2.45, 2.75) is 322 Å². The number of amides is 6. The van der Waals surface area contributed by atoms with Crippen LogP contribution in [-0.2, 0) is 124 Å². The van der Waals surface area contributed by atoms with Gasteiger partial charge < -0.3 is 92.4 Å². The van der Waals surface area contributed by atoms with Crippen LogP contribution in [0.4, 0.5) is 45.1 Å². The number of nitrogens with zero attached hydrogens (tertiary/aromatic N) is 9. The first-order valence-corrected chi connectivity index (χ1v) is 46.4. The Morgan fingerprint density at radius 2 is 0.838 bits per heavy atom. The van der Waals surface area contributed by atoms with Gasteiger partial charge in [-0.15, -0.1) is 17.6 Å². The third-order valence-corrected chi connectivity index (χ3v) is 27.7. The van der Waals surface area contributed by atoms with E-state index in [0.29, 0.717) is 65.7 Å². The maximum absolute atomic E-state index is 14.1. The standard InChI is InChI=1S/C32H40F3N4O5.C32H39F2N4O7.C31H37F2N4O7.3V/c1-18-24(17-40)39-16-26(18)43-28-22(36-21-14-13-20(32(33,34)35)15-23(21)37-28)11-7-5-6-9-19-10-8-12-25(19)44-30(42)38-27(29(39)41)31(2,3)4;1-6-18-21(16-39)38-15-23(18)42-27-20(35-19-12-13-22-25(24(19)36-27)44-32(33,34)43-22)11-9-7-8-10-17-14-31(17,5)45-29(41)37-26(28(38)40)30(2,3)4;1-5-17-20(15-38)37-14-23(17)41-27-19(34-18-11-12-21-25(24(18)35-27)44-31(32,33)43-21)10-8-6-7-9-16-13-22(16)42-29(40)36-26(28(37)39)30(2,3)4;;;/h13-15,18-19,24-27H,5-12,16H2,1-4H3,(H,38,42);12-13,17-18,21,23,26H,6-11,14-15H2,1-5H3,(H,37,41);11-12,16-17,20,22-23,26H,5-10,13-14H2,1-4H3,(H,36,40);;;/q3*-1;;;/t18-,19+,24+,25+,26-,27+;17-,18+,21-,23+,26-,31-;16-,17+,20-,22-,23+,26-;;;/m011.../s1. The van der Waals surface area contributed by atoms with Crippen LogP contribution in [0.1, 0.15) is 235 Å². The molecule has 11 aliphatic rings. The summed E-state index contributed by atoms with van der Waals surface area (Å²) in [5, 5.41) is 8.33. The summed E-state index contributed by atoms with van der Waals surface area (Å²) in [4.78, 5) is 150. The van der Waals surface area contributed by atoms with E-state index in [1.807, 2.05) is 102 Å². The molecule has 8 aliphatic heterocycles. The second-order valence-corrected chi connectivity index (χ2v) is 40.4. The molecule has 6 bridgehead atoms. The van der Waals surface area contributed by atoms with Crippen molar-refractivity contribution >= 4 is 88.0 Å². The maximum Gasteiger partial charge on any atom is 0.586 e. The van der Waals surface area contributed by atoms with Gasteiger partial charge in [0.1, 0.15) is 82.4 Å². The Labute approximate surface area is 819 Å². The van der Waals surface area contributed by atoms with Crippen molar-refractivity contribution in [3.05, 3.63) is 65.1 Å². The number of hydrogen-bond acceptors (Lipinski definition) is 25. The van der Waals surface area contributed by atoms with Crippen molar-refractivity contribution in [3.8, 4) is 40.6 Å². The minimum absolute atomic E-state index is 0. The molecular formula is C95H116F7N12O19V3-3. The quantitative estimate of drug-likeness (QED) is 0.0820. The first-order chi connectivity index (χ1) is 62.9. The van der Waals surface area contributed by atoms with Gasteiger partial charge in [0.05, 0.1) is 47.3 Å². The monoisotopic (exact) mass is 2010 g/mol. The van der Waals surface area contributed by atoms with Crippen LogP contribution in [0, 0.1) is 51.8 Å². The van der Waals surface area contributed by atoms with Crippen LogP contribution in [0.25, 0.3) is 33.1 Å². The van der Waals surface area contributed by atoms with E-state index in [9.17, 15) is 73.9 Å². The van der Waals surface area contributed by atoms with Crippen LogP contribution in [-0.4, -0.2) is 204 Å². The Hall–Kier alpha value is -9.23. The molecule has 3 aromatic heterocycles. The first-order valence-electron chi connectivity index (χ1n) is 46.4. The molecule has 17 rings (SSSR count). The number of alkyl carbamates (subject to hydrolysis) is 3. The number of halogens is 7. The third-order valence-electron chi connectivity index (χ3n) is 27.7. The largest absolute Gasteiger partial charge is 0.586 e. The normalized spacial score (nSPS) is 29.6. The van der Waals surface area contributed by atoms with Gasteiger partial charge in [-0.3, -0.25) is 14.4 Å².